The van der Waals surface area contributed by atoms with E-state index >= 15 is 0 Å². The molecule has 0 radical (unpaired) electrons. The topological polar surface area (TPSA) is 40.5 Å². The number of aliphatic hydroxyl groups excluding tert-OH is 1. The van der Waals surface area contributed by atoms with Crippen LogP contribution < -0.4 is 0 Å². The van der Waals surface area contributed by atoms with Gasteiger partial charge in [-0.3, -0.25) is 4.79 Å². The van der Waals surface area contributed by atoms with E-state index in [1.54, 1.807) is 17.9 Å². The highest BCUT2D eigenvalue weighted by Gasteiger charge is 2.30. The molecule has 5 heteroatoms. The molecule has 1 N–H and O–H groups in total. The van der Waals surface area contributed by atoms with Gasteiger partial charge < -0.3 is 10.0 Å². The summed E-state index contributed by atoms with van der Waals surface area (Å²) in [6.07, 6.45) is 0.370. The minimum Gasteiger partial charge on any atom is -0.393 e. The van der Waals surface area contributed by atoms with Crippen LogP contribution in [0.15, 0.2) is 22.7 Å². The molecule has 1 fully saturated rings. The van der Waals surface area contributed by atoms with Crippen LogP contribution in [-0.4, -0.2) is 35.1 Å². The third-order valence-electron chi connectivity index (χ3n) is 3.38. The molecule has 2 unspecified atom stereocenters. The summed E-state index contributed by atoms with van der Waals surface area (Å²) < 4.78 is 13.6. The second-order valence-electron chi connectivity index (χ2n) is 4.64. The van der Waals surface area contributed by atoms with Gasteiger partial charge in [0.05, 0.1) is 16.1 Å². The van der Waals surface area contributed by atoms with Crippen LogP contribution in [0.5, 0.6) is 0 Å². The van der Waals surface area contributed by atoms with Gasteiger partial charge >= 0.3 is 0 Å². The molecule has 1 aliphatic rings. The van der Waals surface area contributed by atoms with Gasteiger partial charge in [-0.25, -0.2) is 4.39 Å². The van der Waals surface area contributed by atoms with E-state index in [9.17, 15) is 14.3 Å². The van der Waals surface area contributed by atoms with Gasteiger partial charge in [-0.15, -0.1) is 0 Å². The lowest BCUT2D eigenvalue weighted by Crippen LogP contribution is -2.30. The molecule has 2 rings (SSSR count). The lowest BCUT2D eigenvalue weighted by atomic mass is 10.0. The predicted octanol–water partition coefficient (Wildman–Crippen LogP) is 2.43. The predicted molar refractivity (Wildman–Crippen MR) is 69.8 cm³/mol. The van der Waals surface area contributed by atoms with Crippen molar-refractivity contribution in [2.45, 2.75) is 19.4 Å². The first-order chi connectivity index (χ1) is 8.50. The number of carbonyl (C=O) groups excluding carboxylic acids is 1. The number of likely N-dealkylation sites (tertiary alicyclic amines) is 1. The molecule has 2 atom stereocenters. The van der Waals surface area contributed by atoms with Crippen LogP contribution in [0, 0.1) is 11.7 Å². The lowest BCUT2D eigenvalue weighted by Gasteiger charge is -2.18. The van der Waals surface area contributed by atoms with Gasteiger partial charge in [0.1, 0.15) is 5.82 Å². The van der Waals surface area contributed by atoms with Crippen LogP contribution >= 0.6 is 15.9 Å². The lowest BCUT2D eigenvalue weighted by molar-refractivity contribution is 0.0761. The van der Waals surface area contributed by atoms with E-state index in [1.165, 1.54) is 12.1 Å². The maximum Gasteiger partial charge on any atom is 0.255 e. The number of carbonyl (C=O) groups is 1. The van der Waals surface area contributed by atoms with E-state index in [2.05, 4.69) is 15.9 Å². The summed E-state index contributed by atoms with van der Waals surface area (Å²) in [6.45, 7) is 2.87. The standard InChI is InChI=1S/C13H15BrFNO2/c1-8(17)9-5-6-16(7-9)13(18)10-3-2-4-11(15)12(10)14/h2-4,8-9,17H,5-7H2,1H3. The summed E-state index contributed by atoms with van der Waals surface area (Å²) in [7, 11) is 0. The normalized spacial score (nSPS) is 21.1. The van der Waals surface area contributed by atoms with Gasteiger partial charge in [-0.1, -0.05) is 6.07 Å². The molecule has 1 saturated heterocycles. The van der Waals surface area contributed by atoms with Crippen molar-refractivity contribution in [2.24, 2.45) is 5.92 Å². The number of amides is 1. The fourth-order valence-corrected chi connectivity index (χ4v) is 2.64. The van der Waals surface area contributed by atoms with Crippen molar-refractivity contribution in [3.05, 3.63) is 34.1 Å². The van der Waals surface area contributed by atoms with Gasteiger partial charge in [0, 0.05) is 19.0 Å². The fourth-order valence-electron chi connectivity index (χ4n) is 2.20. The Kier molecular flexibility index (Phi) is 4.02. The summed E-state index contributed by atoms with van der Waals surface area (Å²) in [5.74, 6) is -0.516. The number of rotatable bonds is 2. The van der Waals surface area contributed by atoms with Crippen molar-refractivity contribution in [2.75, 3.05) is 13.1 Å². The minimum absolute atomic E-state index is 0.112. The molecule has 1 heterocycles. The minimum atomic E-state index is -0.438. The molecule has 0 aromatic heterocycles. The van der Waals surface area contributed by atoms with Crippen molar-refractivity contribution < 1.29 is 14.3 Å². The summed E-state index contributed by atoms with van der Waals surface area (Å²) in [5.41, 5.74) is 0.334. The first-order valence-corrected chi connectivity index (χ1v) is 6.71. The molecule has 1 aromatic rings. The van der Waals surface area contributed by atoms with E-state index in [0.29, 0.717) is 18.7 Å². The highest BCUT2D eigenvalue weighted by atomic mass is 79.9. The maximum atomic E-state index is 13.4. The molecule has 1 aliphatic heterocycles. The Labute approximate surface area is 114 Å². The van der Waals surface area contributed by atoms with Crippen molar-refractivity contribution in [3.8, 4) is 0 Å². The first kappa shape index (κ1) is 13.5. The molecule has 0 spiro atoms. The van der Waals surface area contributed by atoms with Gasteiger partial charge in [0.25, 0.3) is 5.91 Å². The van der Waals surface area contributed by atoms with Gasteiger partial charge in [0.2, 0.25) is 0 Å². The van der Waals surface area contributed by atoms with Gasteiger partial charge in [-0.05, 0) is 41.4 Å². The molecule has 3 nitrogen and oxygen atoms in total. The van der Waals surface area contributed by atoms with Crippen LogP contribution in [0.2, 0.25) is 0 Å². The van der Waals surface area contributed by atoms with E-state index in [4.69, 9.17) is 0 Å². The Balaban J connectivity index is 2.16. The van der Waals surface area contributed by atoms with Crippen molar-refractivity contribution >= 4 is 21.8 Å². The van der Waals surface area contributed by atoms with Crippen LogP contribution in [0.25, 0.3) is 0 Å². The highest BCUT2D eigenvalue weighted by molar-refractivity contribution is 9.10. The molecule has 1 aromatic carbocycles. The summed E-state index contributed by atoms with van der Waals surface area (Å²) in [5, 5.41) is 9.51. The number of halogens is 2. The number of hydrogen-bond acceptors (Lipinski definition) is 2. The molecule has 98 valence electrons. The maximum absolute atomic E-state index is 13.4. The summed E-state index contributed by atoms with van der Waals surface area (Å²) in [4.78, 5) is 13.9. The molecule has 1 amide bonds. The summed E-state index contributed by atoms with van der Waals surface area (Å²) in [6, 6.07) is 4.43. The van der Waals surface area contributed by atoms with Crippen molar-refractivity contribution in [1.29, 1.82) is 0 Å². The second kappa shape index (κ2) is 5.36. The third-order valence-corrected chi connectivity index (χ3v) is 4.18. The monoisotopic (exact) mass is 315 g/mol. The largest absolute Gasteiger partial charge is 0.393 e. The first-order valence-electron chi connectivity index (χ1n) is 5.92. The zero-order valence-corrected chi connectivity index (χ0v) is 11.7. The van der Waals surface area contributed by atoms with Gasteiger partial charge in [-0.2, -0.15) is 0 Å². The fraction of sp³-hybridized carbons (Fsp3) is 0.462. The number of aliphatic hydroxyl groups is 1. The zero-order valence-electron chi connectivity index (χ0n) is 10.1. The SMILES string of the molecule is CC(O)C1CCN(C(=O)c2cccc(F)c2Br)C1. The molecule has 0 bridgehead atoms. The Hall–Kier alpha value is -0.940. The van der Waals surface area contributed by atoms with E-state index in [0.717, 1.165) is 6.42 Å². The second-order valence-corrected chi connectivity index (χ2v) is 5.43. The van der Waals surface area contributed by atoms with Crippen molar-refractivity contribution in [3.63, 3.8) is 0 Å². The Morgan fingerprint density at radius 2 is 2.33 bits per heavy atom. The van der Waals surface area contributed by atoms with E-state index < -0.39 is 11.9 Å². The smallest absolute Gasteiger partial charge is 0.255 e. The van der Waals surface area contributed by atoms with Crippen LogP contribution in [-0.2, 0) is 0 Å². The van der Waals surface area contributed by atoms with E-state index in [1.807, 2.05) is 0 Å². The van der Waals surface area contributed by atoms with Crippen molar-refractivity contribution in [1.82, 2.24) is 4.90 Å². The van der Waals surface area contributed by atoms with Crippen LogP contribution in [0.3, 0.4) is 0 Å². The third kappa shape index (κ3) is 2.57. The Bertz CT molecular complexity index is 464. The number of nitrogens with zero attached hydrogens (tertiary/aromatic N) is 1. The molecular weight excluding hydrogens is 301 g/mol. The average Bonchev–Trinajstić information content (AvgIpc) is 2.81. The van der Waals surface area contributed by atoms with Gasteiger partial charge in [0.15, 0.2) is 0 Å². The molecule has 18 heavy (non-hydrogen) atoms. The quantitative estimate of drug-likeness (QED) is 0.910. The van der Waals surface area contributed by atoms with Crippen LogP contribution in [0.4, 0.5) is 4.39 Å². The Morgan fingerprint density at radius 1 is 1.61 bits per heavy atom. The molecule has 0 saturated carbocycles. The average molecular weight is 316 g/mol. The highest BCUT2D eigenvalue weighted by Crippen LogP contribution is 2.26. The Morgan fingerprint density at radius 3 is 2.94 bits per heavy atom. The van der Waals surface area contributed by atoms with Crippen LogP contribution in [0.1, 0.15) is 23.7 Å². The zero-order chi connectivity index (χ0) is 13.3. The molecular formula is C13H15BrFNO2. The number of benzene rings is 1. The number of hydrogen-bond donors (Lipinski definition) is 1. The molecule has 0 aliphatic carbocycles. The van der Waals surface area contributed by atoms with E-state index in [-0.39, 0.29) is 16.3 Å². The summed E-state index contributed by atoms with van der Waals surface area (Å²) >= 11 is 3.10.